The maximum absolute atomic E-state index is 11.7. The van der Waals surface area contributed by atoms with Gasteiger partial charge in [0.1, 0.15) is 0 Å². The van der Waals surface area contributed by atoms with Crippen molar-refractivity contribution < 1.29 is 0 Å². The zero-order valence-corrected chi connectivity index (χ0v) is 9.08. The maximum Gasteiger partial charge on any atom is 0.269 e. The highest BCUT2D eigenvalue weighted by Crippen LogP contribution is 2.16. The standard InChI is InChI=1S/C12H13N3O/c1-8-3-2-4-9(5-8)15-11-7-13-6-10(11)12(16)14-15/h2-5,13H,6-7H2,1H3,(H,14,16). The number of nitrogens with one attached hydrogen (secondary N) is 2. The third-order valence-electron chi connectivity index (χ3n) is 2.96. The van der Waals surface area contributed by atoms with Gasteiger partial charge in [-0.3, -0.25) is 14.6 Å². The minimum atomic E-state index is 0.0153. The first kappa shape index (κ1) is 9.42. The molecule has 0 aliphatic carbocycles. The van der Waals surface area contributed by atoms with E-state index in [0.29, 0.717) is 6.54 Å². The zero-order chi connectivity index (χ0) is 11.1. The largest absolute Gasteiger partial charge is 0.307 e. The highest BCUT2D eigenvalue weighted by atomic mass is 16.1. The fourth-order valence-electron chi connectivity index (χ4n) is 2.16. The van der Waals surface area contributed by atoms with Gasteiger partial charge in [-0.25, -0.2) is 0 Å². The van der Waals surface area contributed by atoms with Crippen molar-refractivity contribution in [3.8, 4) is 5.69 Å². The monoisotopic (exact) mass is 215 g/mol. The second kappa shape index (κ2) is 3.35. The molecule has 1 aromatic heterocycles. The lowest BCUT2D eigenvalue weighted by atomic mass is 10.2. The summed E-state index contributed by atoms with van der Waals surface area (Å²) in [5.74, 6) is 0. The normalized spacial score (nSPS) is 14.1. The lowest BCUT2D eigenvalue weighted by molar-refractivity contribution is 0.704. The fourth-order valence-corrected chi connectivity index (χ4v) is 2.16. The Balaban J connectivity index is 2.21. The van der Waals surface area contributed by atoms with Gasteiger partial charge < -0.3 is 5.32 Å². The summed E-state index contributed by atoms with van der Waals surface area (Å²) in [4.78, 5) is 11.7. The first-order chi connectivity index (χ1) is 7.75. The number of hydrogen-bond acceptors (Lipinski definition) is 2. The summed E-state index contributed by atoms with van der Waals surface area (Å²) < 4.78 is 1.88. The van der Waals surface area contributed by atoms with Gasteiger partial charge in [-0.2, -0.15) is 0 Å². The summed E-state index contributed by atoms with van der Waals surface area (Å²) in [6.07, 6.45) is 0. The van der Waals surface area contributed by atoms with Crippen LogP contribution in [0.25, 0.3) is 5.69 Å². The minimum Gasteiger partial charge on any atom is -0.307 e. The minimum absolute atomic E-state index is 0.0153. The molecule has 1 aliphatic heterocycles. The van der Waals surface area contributed by atoms with Gasteiger partial charge in [0.15, 0.2) is 0 Å². The van der Waals surface area contributed by atoms with Crippen molar-refractivity contribution in [3.05, 3.63) is 51.4 Å². The van der Waals surface area contributed by atoms with Crippen LogP contribution in [-0.4, -0.2) is 9.78 Å². The molecule has 0 amide bonds. The summed E-state index contributed by atoms with van der Waals surface area (Å²) in [5.41, 5.74) is 4.13. The lowest BCUT2D eigenvalue weighted by Gasteiger charge is -2.06. The van der Waals surface area contributed by atoms with Gasteiger partial charge in [-0.1, -0.05) is 12.1 Å². The number of aromatic nitrogens is 2. The van der Waals surface area contributed by atoms with Crippen molar-refractivity contribution in [2.45, 2.75) is 20.0 Å². The quantitative estimate of drug-likeness (QED) is 0.747. The van der Waals surface area contributed by atoms with Gasteiger partial charge in [0.2, 0.25) is 0 Å². The third kappa shape index (κ3) is 1.31. The average molecular weight is 215 g/mol. The van der Waals surface area contributed by atoms with E-state index < -0.39 is 0 Å². The molecule has 0 radical (unpaired) electrons. The molecule has 1 aromatic carbocycles. The van der Waals surface area contributed by atoms with Crippen LogP contribution in [0.1, 0.15) is 16.8 Å². The first-order valence-corrected chi connectivity index (χ1v) is 5.36. The molecule has 0 atom stereocenters. The number of nitrogens with zero attached hydrogens (tertiary/aromatic N) is 1. The topological polar surface area (TPSA) is 49.8 Å². The molecule has 3 rings (SSSR count). The van der Waals surface area contributed by atoms with Gasteiger partial charge in [0.25, 0.3) is 5.56 Å². The van der Waals surface area contributed by atoms with Crippen LogP contribution in [0.15, 0.2) is 29.1 Å². The summed E-state index contributed by atoms with van der Waals surface area (Å²) >= 11 is 0. The molecule has 0 saturated carbocycles. The Bertz CT molecular complexity index is 595. The Hall–Kier alpha value is -1.81. The molecule has 82 valence electrons. The molecule has 0 spiro atoms. The van der Waals surface area contributed by atoms with E-state index in [1.165, 1.54) is 5.56 Å². The molecule has 2 N–H and O–H groups in total. The van der Waals surface area contributed by atoms with Crippen LogP contribution < -0.4 is 10.9 Å². The third-order valence-corrected chi connectivity index (χ3v) is 2.96. The van der Waals surface area contributed by atoms with Gasteiger partial charge in [0.05, 0.1) is 16.9 Å². The van der Waals surface area contributed by atoms with Gasteiger partial charge in [-0.05, 0) is 24.6 Å². The zero-order valence-electron chi connectivity index (χ0n) is 9.08. The maximum atomic E-state index is 11.7. The summed E-state index contributed by atoms with van der Waals surface area (Å²) in [5, 5.41) is 6.07. The number of aromatic amines is 1. The highest BCUT2D eigenvalue weighted by Gasteiger charge is 2.20. The molecular formula is C12H13N3O. The SMILES string of the molecule is Cc1cccc(-n2[nH]c(=O)c3c2CNC3)c1. The van der Waals surface area contributed by atoms with Gasteiger partial charge >= 0.3 is 0 Å². The summed E-state index contributed by atoms with van der Waals surface area (Å²) in [6, 6.07) is 8.11. The summed E-state index contributed by atoms with van der Waals surface area (Å²) in [6.45, 7) is 3.47. The molecule has 2 aromatic rings. The molecule has 4 nitrogen and oxygen atoms in total. The van der Waals surface area contributed by atoms with Gasteiger partial charge in [0, 0.05) is 13.1 Å². The Kier molecular flexibility index (Phi) is 1.97. The van der Waals surface area contributed by atoms with Crippen LogP contribution in [-0.2, 0) is 13.1 Å². The molecule has 0 unspecified atom stereocenters. The van der Waals surface area contributed by atoms with E-state index in [2.05, 4.69) is 16.5 Å². The predicted octanol–water partition coefficient (Wildman–Crippen LogP) is 1.08. The van der Waals surface area contributed by atoms with Crippen molar-refractivity contribution in [1.82, 2.24) is 15.1 Å². The van der Waals surface area contributed by atoms with Crippen LogP contribution >= 0.6 is 0 Å². The van der Waals surface area contributed by atoms with E-state index in [9.17, 15) is 4.79 Å². The lowest BCUT2D eigenvalue weighted by Crippen LogP contribution is -2.13. The van der Waals surface area contributed by atoms with Crippen molar-refractivity contribution in [1.29, 1.82) is 0 Å². The van der Waals surface area contributed by atoms with Crippen LogP contribution in [0, 0.1) is 6.92 Å². The van der Waals surface area contributed by atoms with Crippen molar-refractivity contribution in [3.63, 3.8) is 0 Å². The molecule has 0 saturated heterocycles. The Morgan fingerprint density at radius 1 is 1.31 bits per heavy atom. The smallest absolute Gasteiger partial charge is 0.269 e. The Labute approximate surface area is 92.9 Å². The second-order valence-corrected chi connectivity index (χ2v) is 4.14. The molecule has 4 heteroatoms. The van der Waals surface area contributed by atoms with Crippen molar-refractivity contribution in [2.75, 3.05) is 0 Å². The van der Waals surface area contributed by atoms with Crippen LogP contribution in [0.5, 0.6) is 0 Å². The fraction of sp³-hybridized carbons (Fsp3) is 0.250. The van der Waals surface area contributed by atoms with E-state index in [1.54, 1.807) is 0 Å². The Morgan fingerprint density at radius 2 is 2.19 bits per heavy atom. The van der Waals surface area contributed by atoms with Gasteiger partial charge in [-0.15, -0.1) is 0 Å². The van der Waals surface area contributed by atoms with Crippen LogP contribution in [0.3, 0.4) is 0 Å². The van der Waals surface area contributed by atoms with Crippen LogP contribution in [0.2, 0.25) is 0 Å². The van der Waals surface area contributed by atoms with Crippen molar-refractivity contribution in [2.24, 2.45) is 0 Å². The molecular weight excluding hydrogens is 202 g/mol. The van der Waals surface area contributed by atoms with E-state index in [1.807, 2.05) is 29.8 Å². The molecule has 0 bridgehead atoms. The Morgan fingerprint density at radius 3 is 3.00 bits per heavy atom. The molecule has 2 heterocycles. The van der Waals surface area contributed by atoms with Crippen LogP contribution in [0.4, 0.5) is 0 Å². The number of H-pyrrole nitrogens is 1. The predicted molar refractivity (Wildman–Crippen MR) is 61.7 cm³/mol. The second-order valence-electron chi connectivity index (χ2n) is 4.14. The average Bonchev–Trinajstić information content (AvgIpc) is 2.83. The number of benzene rings is 1. The molecule has 16 heavy (non-hydrogen) atoms. The molecule has 0 fully saturated rings. The van der Waals surface area contributed by atoms with E-state index in [0.717, 1.165) is 23.5 Å². The number of rotatable bonds is 1. The summed E-state index contributed by atoms with van der Waals surface area (Å²) in [7, 11) is 0. The first-order valence-electron chi connectivity index (χ1n) is 5.36. The number of fused-ring (bicyclic) bond motifs is 1. The number of hydrogen-bond donors (Lipinski definition) is 2. The van der Waals surface area contributed by atoms with Crippen molar-refractivity contribution >= 4 is 0 Å². The highest BCUT2D eigenvalue weighted by molar-refractivity contribution is 5.38. The number of aryl methyl sites for hydroxylation is 1. The molecule has 1 aliphatic rings. The van der Waals surface area contributed by atoms with E-state index >= 15 is 0 Å². The van der Waals surface area contributed by atoms with E-state index in [4.69, 9.17) is 0 Å². The van der Waals surface area contributed by atoms with E-state index in [-0.39, 0.29) is 5.56 Å².